The molecule has 1 N–H and O–H groups in total. The van der Waals surface area contributed by atoms with Gasteiger partial charge in [0, 0.05) is 19.3 Å². The molecule has 49 heavy (non-hydrogen) atoms. The summed E-state index contributed by atoms with van der Waals surface area (Å²) in [6.45, 7) is 4.48. The van der Waals surface area contributed by atoms with E-state index in [2.05, 4.69) is 74.6 Å². The Morgan fingerprint density at radius 3 is 1.82 bits per heavy atom. The molecule has 0 aromatic heterocycles. The lowest BCUT2D eigenvalue weighted by molar-refractivity contribution is -0.887. The zero-order valence-electron chi connectivity index (χ0n) is 31.6. The molecule has 0 bridgehead atoms. The van der Waals surface area contributed by atoms with Crippen molar-refractivity contribution in [1.29, 1.82) is 0 Å². The molecule has 0 aromatic carbocycles. The second-order valence-corrected chi connectivity index (χ2v) is 13.5. The maximum absolute atomic E-state index is 12.6. The first-order valence-corrected chi connectivity index (χ1v) is 18.8. The van der Waals surface area contributed by atoms with E-state index < -0.39 is 18.1 Å². The summed E-state index contributed by atoms with van der Waals surface area (Å²) in [5.41, 5.74) is 0. The molecule has 0 amide bonds. The van der Waals surface area contributed by atoms with Crippen LogP contribution in [0.4, 0.5) is 0 Å². The van der Waals surface area contributed by atoms with Crippen molar-refractivity contribution in [2.45, 2.75) is 142 Å². The minimum Gasteiger partial charge on any atom is -0.477 e. The average molecular weight is 689 g/mol. The maximum Gasteiger partial charge on any atom is 0.362 e. The van der Waals surface area contributed by atoms with E-state index in [-0.39, 0.29) is 36.2 Å². The summed E-state index contributed by atoms with van der Waals surface area (Å²) in [7, 11) is 5.49. The van der Waals surface area contributed by atoms with Crippen LogP contribution in [0.1, 0.15) is 129 Å². The fourth-order valence-electron chi connectivity index (χ4n) is 4.96. The third kappa shape index (κ3) is 30.8. The molecule has 0 spiro atoms. The van der Waals surface area contributed by atoms with Crippen LogP contribution in [0.25, 0.3) is 0 Å². The van der Waals surface area contributed by atoms with E-state index in [4.69, 9.17) is 14.2 Å². The van der Waals surface area contributed by atoms with Gasteiger partial charge in [0.15, 0.2) is 12.1 Å². The number of quaternary nitrogens is 1. The van der Waals surface area contributed by atoms with E-state index in [0.29, 0.717) is 19.3 Å². The topological polar surface area (TPSA) is 99.1 Å². The molecule has 0 saturated heterocycles. The lowest BCUT2D eigenvalue weighted by atomic mass is 10.1. The van der Waals surface area contributed by atoms with E-state index in [1.54, 1.807) is 0 Å². The number of hydrogen-bond donors (Lipinski definition) is 1. The highest BCUT2D eigenvalue weighted by atomic mass is 16.6. The van der Waals surface area contributed by atoms with Gasteiger partial charge in [0.1, 0.15) is 6.61 Å². The van der Waals surface area contributed by atoms with Crippen LogP contribution < -0.4 is 0 Å². The molecule has 0 aliphatic carbocycles. The number of carbonyl (C=O) groups excluding carboxylic acids is 2. The van der Waals surface area contributed by atoms with Crippen molar-refractivity contribution >= 4 is 17.9 Å². The molecule has 280 valence electrons. The Kier molecular flexibility index (Phi) is 30.3. The predicted molar refractivity (Wildman–Crippen MR) is 201 cm³/mol. The molecule has 2 unspecified atom stereocenters. The number of allylic oxidation sites excluding steroid dienone is 10. The molecule has 0 fully saturated rings. The number of aliphatic carboxylic acids is 1. The zero-order valence-corrected chi connectivity index (χ0v) is 31.6. The Balaban J connectivity index is 4.53. The smallest absolute Gasteiger partial charge is 0.362 e. The molecule has 0 aromatic rings. The predicted octanol–water partition coefficient (Wildman–Crippen LogP) is 9.46. The normalized spacial score (nSPS) is 13.7. The summed E-state index contributed by atoms with van der Waals surface area (Å²) in [5, 5.41) is 9.57. The van der Waals surface area contributed by atoms with Crippen molar-refractivity contribution in [1.82, 2.24) is 0 Å². The Hall–Kier alpha value is -2.97. The maximum atomic E-state index is 12.6. The Morgan fingerprint density at radius 2 is 1.20 bits per heavy atom. The molecular weight excluding hydrogens is 618 g/mol. The monoisotopic (exact) mass is 689 g/mol. The van der Waals surface area contributed by atoms with E-state index in [0.717, 1.165) is 83.5 Å². The number of esters is 2. The first-order chi connectivity index (χ1) is 23.6. The number of carboxylic acids is 1. The molecular formula is C41H70NO7+. The fourth-order valence-corrected chi connectivity index (χ4v) is 4.96. The molecule has 8 heteroatoms. The van der Waals surface area contributed by atoms with Gasteiger partial charge in [0.05, 0.1) is 34.4 Å². The highest BCUT2D eigenvalue weighted by molar-refractivity contribution is 5.72. The van der Waals surface area contributed by atoms with Crippen molar-refractivity contribution in [3.63, 3.8) is 0 Å². The van der Waals surface area contributed by atoms with E-state index >= 15 is 0 Å². The number of carboxylic acid groups (broad SMARTS) is 1. The molecule has 0 heterocycles. The third-order valence-corrected chi connectivity index (χ3v) is 7.93. The van der Waals surface area contributed by atoms with Crippen molar-refractivity contribution in [3.05, 3.63) is 60.8 Å². The van der Waals surface area contributed by atoms with Gasteiger partial charge >= 0.3 is 17.9 Å². The summed E-state index contributed by atoms with van der Waals surface area (Å²) in [6.07, 6.45) is 36.9. The Morgan fingerprint density at radius 1 is 0.653 bits per heavy atom. The Labute approximate surface area is 298 Å². The van der Waals surface area contributed by atoms with Crippen LogP contribution in [0, 0.1) is 0 Å². The Bertz CT molecular complexity index is 990. The zero-order chi connectivity index (χ0) is 36.4. The minimum atomic E-state index is -0.887. The van der Waals surface area contributed by atoms with Crippen molar-refractivity contribution in [3.8, 4) is 0 Å². The quantitative estimate of drug-likeness (QED) is 0.0247. The largest absolute Gasteiger partial charge is 0.477 e. The first kappa shape index (κ1) is 46.0. The summed E-state index contributed by atoms with van der Waals surface area (Å²) in [4.78, 5) is 36.7. The van der Waals surface area contributed by atoms with Crippen LogP contribution in [0.3, 0.4) is 0 Å². The van der Waals surface area contributed by atoms with Crippen LogP contribution in [0.15, 0.2) is 60.8 Å². The van der Waals surface area contributed by atoms with Gasteiger partial charge in [0.2, 0.25) is 0 Å². The number of carbonyl (C=O) groups is 3. The van der Waals surface area contributed by atoms with Gasteiger partial charge in [-0.05, 0) is 64.2 Å². The highest BCUT2D eigenvalue weighted by Gasteiger charge is 2.31. The van der Waals surface area contributed by atoms with Gasteiger partial charge in [-0.2, -0.15) is 0 Å². The van der Waals surface area contributed by atoms with Gasteiger partial charge < -0.3 is 23.8 Å². The summed E-state index contributed by atoms with van der Waals surface area (Å²) < 4.78 is 17.1. The molecule has 0 radical (unpaired) electrons. The van der Waals surface area contributed by atoms with Crippen LogP contribution in [0.5, 0.6) is 0 Å². The fraction of sp³-hybridized carbons (Fsp3) is 0.683. The summed E-state index contributed by atoms with van der Waals surface area (Å²) in [6, 6.07) is -0.623. The number of ether oxygens (including phenoxy) is 3. The lowest BCUT2D eigenvalue weighted by Crippen LogP contribution is -2.50. The average Bonchev–Trinajstić information content (AvgIpc) is 3.05. The molecule has 0 aliphatic heterocycles. The molecule has 0 aliphatic rings. The number of unbranched alkanes of at least 4 members (excludes halogenated alkanes) is 9. The lowest BCUT2D eigenvalue weighted by Gasteiger charge is -2.31. The molecule has 2 atom stereocenters. The molecule has 0 rings (SSSR count). The summed E-state index contributed by atoms with van der Waals surface area (Å²) >= 11 is 0. The first-order valence-electron chi connectivity index (χ1n) is 18.8. The van der Waals surface area contributed by atoms with E-state index in [1.807, 2.05) is 21.1 Å². The number of hydrogen-bond acceptors (Lipinski definition) is 6. The highest BCUT2D eigenvalue weighted by Crippen LogP contribution is 2.12. The van der Waals surface area contributed by atoms with Crippen molar-refractivity contribution in [2.75, 3.05) is 41.0 Å². The van der Waals surface area contributed by atoms with Gasteiger partial charge in [-0.3, -0.25) is 9.59 Å². The number of nitrogens with zero attached hydrogens (tertiary/aromatic N) is 1. The van der Waals surface area contributed by atoms with Gasteiger partial charge in [-0.25, -0.2) is 4.79 Å². The minimum absolute atomic E-state index is 0.0404. The van der Waals surface area contributed by atoms with E-state index in [1.165, 1.54) is 12.8 Å². The molecule has 8 nitrogen and oxygen atoms in total. The van der Waals surface area contributed by atoms with Gasteiger partial charge in [-0.1, -0.05) is 107 Å². The van der Waals surface area contributed by atoms with Crippen LogP contribution in [-0.4, -0.2) is 80.6 Å². The van der Waals surface area contributed by atoms with Crippen molar-refractivity contribution in [2.24, 2.45) is 0 Å². The standard InChI is InChI=1S/C41H69NO7/c1-6-8-10-12-14-16-18-19-20-22-24-26-28-30-32-40(44)49-37(35-47-34-33-38(41(45)46)42(3,4)5)36-48-39(43)31-29-27-25-23-21-17-15-13-11-9-7-2/h8,10,13-17,19-21,37-38H,6-7,9,11-12,18,22-36H2,1-5H3/p+1/b10-8+,15-13+,16-14+,20-19+,21-17+. The van der Waals surface area contributed by atoms with Crippen LogP contribution >= 0.6 is 0 Å². The summed E-state index contributed by atoms with van der Waals surface area (Å²) in [5.74, 6) is -1.55. The van der Waals surface area contributed by atoms with Gasteiger partial charge in [-0.15, -0.1) is 0 Å². The number of likely N-dealkylation sites (N-methyl/N-ethyl adjacent to an activating group) is 1. The van der Waals surface area contributed by atoms with Gasteiger partial charge in [0.25, 0.3) is 0 Å². The second kappa shape index (κ2) is 32.2. The van der Waals surface area contributed by atoms with Crippen LogP contribution in [-0.2, 0) is 28.6 Å². The third-order valence-electron chi connectivity index (χ3n) is 7.93. The molecule has 0 saturated carbocycles. The van der Waals surface area contributed by atoms with Crippen LogP contribution in [0.2, 0.25) is 0 Å². The number of rotatable bonds is 32. The van der Waals surface area contributed by atoms with Crippen molar-refractivity contribution < 1.29 is 38.2 Å². The SMILES string of the molecule is CC/C=C/C/C=C/C/C=C/CCCCCCC(=O)OC(COCCC(C(=O)O)[N+](C)(C)C)COC(=O)CCCCC/C=C/C=C/CCCC. The second-order valence-electron chi connectivity index (χ2n) is 13.5. The van der Waals surface area contributed by atoms with E-state index in [9.17, 15) is 19.5 Å².